The molecule has 1 aromatic rings. The minimum absolute atomic E-state index is 0.388. The normalized spacial score (nSPS) is 36.9. The maximum Gasteiger partial charge on any atom is 0.335 e. The van der Waals surface area contributed by atoms with Crippen molar-refractivity contribution in [3.63, 3.8) is 0 Å². The van der Waals surface area contributed by atoms with E-state index in [1.54, 1.807) is 12.1 Å². The van der Waals surface area contributed by atoms with Crippen LogP contribution < -0.4 is 5.32 Å². The van der Waals surface area contributed by atoms with Gasteiger partial charge in [0.25, 0.3) is 0 Å². The Labute approximate surface area is 125 Å². The van der Waals surface area contributed by atoms with Gasteiger partial charge in [-0.25, -0.2) is 4.79 Å². The van der Waals surface area contributed by atoms with Crippen LogP contribution in [0.3, 0.4) is 0 Å². The molecule has 112 valence electrons. The molecule has 4 fully saturated rings. The zero-order valence-electron chi connectivity index (χ0n) is 12.3. The van der Waals surface area contributed by atoms with E-state index >= 15 is 0 Å². The third-order valence-corrected chi connectivity index (χ3v) is 5.94. The van der Waals surface area contributed by atoms with Crippen molar-refractivity contribution in [1.29, 1.82) is 0 Å². The lowest BCUT2D eigenvalue weighted by atomic mass is 9.54. The first-order valence-corrected chi connectivity index (χ1v) is 8.24. The van der Waals surface area contributed by atoms with Crippen molar-refractivity contribution in [2.75, 3.05) is 0 Å². The van der Waals surface area contributed by atoms with Crippen molar-refractivity contribution in [3.05, 3.63) is 35.4 Å². The summed E-state index contributed by atoms with van der Waals surface area (Å²) in [4.78, 5) is 11.0. The predicted octanol–water partition coefficient (Wildman–Crippen LogP) is 3.30. The summed E-state index contributed by atoms with van der Waals surface area (Å²) in [5, 5.41) is 12.8. The molecule has 4 bridgehead atoms. The van der Waals surface area contributed by atoms with Crippen LogP contribution in [0.5, 0.6) is 0 Å². The molecule has 21 heavy (non-hydrogen) atoms. The van der Waals surface area contributed by atoms with Crippen molar-refractivity contribution in [2.45, 2.75) is 44.7 Å². The second-order valence-electron chi connectivity index (χ2n) is 7.34. The molecule has 4 saturated carbocycles. The van der Waals surface area contributed by atoms with E-state index in [9.17, 15) is 4.79 Å². The quantitative estimate of drug-likeness (QED) is 0.892. The summed E-state index contributed by atoms with van der Waals surface area (Å²) >= 11 is 0. The number of rotatable bonds is 4. The highest BCUT2D eigenvalue weighted by atomic mass is 16.4. The van der Waals surface area contributed by atoms with E-state index in [2.05, 4.69) is 5.32 Å². The van der Waals surface area contributed by atoms with Gasteiger partial charge < -0.3 is 10.4 Å². The summed E-state index contributed by atoms with van der Waals surface area (Å²) in [5.74, 6) is 2.89. The summed E-state index contributed by atoms with van der Waals surface area (Å²) in [5.41, 5.74) is 1.48. The standard InChI is InChI=1S/C18H23NO2/c20-18(21)14-3-1-2-11(5-14)10-19-17-15-6-12-4-13(8-15)9-16(17)7-12/h1-3,5,12-13,15-17,19H,4,6-10H2,(H,20,21). The van der Waals surface area contributed by atoms with Crippen molar-refractivity contribution < 1.29 is 9.90 Å². The van der Waals surface area contributed by atoms with Gasteiger partial charge in [-0.1, -0.05) is 12.1 Å². The largest absolute Gasteiger partial charge is 0.478 e. The first-order valence-electron chi connectivity index (χ1n) is 8.24. The van der Waals surface area contributed by atoms with Crippen LogP contribution in [0.25, 0.3) is 0 Å². The number of hydrogen-bond donors (Lipinski definition) is 2. The number of hydrogen-bond acceptors (Lipinski definition) is 2. The number of carboxylic acids is 1. The lowest BCUT2D eigenvalue weighted by Gasteiger charge is -2.54. The molecule has 0 unspecified atom stereocenters. The average Bonchev–Trinajstić information content (AvgIpc) is 2.46. The van der Waals surface area contributed by atoms with E-state index < -0.39 is 5.97 Å². The zero-order chi connectivity index (χ0) is 14.4. The molecule has 0 radical (unpaired) electrons. The van der Waals surface area contributed by atoms with Gasteiger partial charge in [0.2, 0.25) is 0 Å². The van der Waals surface area contributed by atoms with Crippen LogP contribution in [0.1, 0.15) is 48.0 Å². The number of nitrogens with one attached hydrogen (secondary N) is 1. The van der Waals surface area contributed by atoms with E-state index in [4.69, 9.17) is 5.11 Å². The predicted molar refractivity (Wildman–Crippen MR) is 81.1 cm³/mol. The molecule has 0 amide bonds. The Kier molecular flexibility index (Phi) is 3.26. The molecule has 4 aliphatic carbocycles. The monoisotopic (exact) mass is 285 g/mol. The third kappa shape index (κ3) is 2.48. The van der Waals surface area contributed by atoms with Crippen LogP contribution in [0.15, 0.2) is 24.3 Å². The number of benzene rings is 1. The zero-order valence-corrected chi connectivity index (χ0v) is 12.3. The molecule has 0 spiro atoms. The summed E-state index contributed by atoms with van der Waals surface area (Å²) in [6, 6.07) is 7.98. The highest BCUT2D eigenvalue weighted by Crippen LogP contribution is 2.53. The van der Waals surface area contributed by atoms with Crippen LogP contribution in [0.4, 0.5) is 0 Å². The van der Waals surface area contributed by atoms with Gasteiger partial charge in [-0.2, -0.15) is 0 Å². The summed E-state index contributed by atoms with van der Waals surface area (Å²) in [6.07, 6.45) is 7.15. The molecule has 1 aromatic carbocycles. The van der Waals surface area contributed by atoms with Gasteiger partial charge in [0.15, 0.2) is 0 Å². The summed E-state index contributed by atoms with van der Waals surface area (Å²) in [7, 11) is 0. The molecular formula is C18H23NO2. The van der Waals surface area contributed by atoms with E-state index in [1.807, 2.05) is 12.1 Å². The Balaban J connectivity index is 1.43. The number of carbonyl (C=O) groups is 1. The second-order valence-corrected chi connectivity index (χ2v) is 7.34. The van der Waals surface area contributed by atoms with Crippen LogP contribution in [0.2, 0.25) is 0 Å². The van der Waals surface area contributed by atoms with Crippen molar-refractivity contribution in [1.82, 2.24) is 5.32 Å². The van der Waals surface area contributed by atoms with Crippen molar-refractivity contribution >= 4 is 5.97 Å². The number of aromatic carboxylic acids is 1. The lowest BCUT2D eigenvalue weighted by Crippen LogP contribution is -2.54. The Hall–Kier alpha value is -1.35. The molecule has 5 rings (SSSR count). The summed E-state index contributed by atoms with van der Waals surface area (Å²) < 4.78 is 0. The first-order chi connectivity index (χ1) is 10.2. The van der Waals surface area contributed by atoms with E-state index in [0.717, 1.165) is 35.8 Å². The molecule has 4 aliphatic rings. The topological polar surface area (TPSA) is 49.3 Å². The fourth-order valence-corrected chi connectivity index (χ4v) is 5.31. The van der Waals surface area contributed by atoms with Gasteiger partial charge in [-0.15, -0.1) is 0 Å². The maximum absolute atomic E-state index is 11.0. The van der Waals surface area contributed by atoms with E-state index in [-0.39, 0.29) is 0 Å². The SMILES string of the molecule is O=C(O)c1cccc(CNC2C3CC4CC(C3)CC2C4)c1. The van der Waals surface area contributed by atoms with Crippen molar-refractivity contribution in [3.8, 4) is 0 Å². The Bertz CT molecular complexity index is 526. The van der Waals surface area contributed by atoms with Crippen LogP contribution in [-0.2, 0) is 6.54 Å². The van der Waals surface area contributed by atoms with Gasteiger partial charge in [0, 0.05) is 12.6 Å². The third-order valence-electron chi connectivity index (χ3n) is 5.94. The van der Waals surface area contributed by atoms with Crippen molar-refractivity contribution in [2.24, 2.45) is 23.7 Å². The Morgan fingerprint density at radius 1 is 1.10 bits per heavy atom. The second kappa shape index (κ2) is 5.13. The van der Waals surface area contributed by atoms with Gasteiger partial charge >= 0.3 is 5.97 Å². The first kappa shape index (κ1) is 13.3. The van der Waals surface area contributed by atoms with Gasteiger partial charge in [-0.05, 0) is 73.5 Å². The van der Waals surface area contributed by atoms with Gasteiger partial charge in [0.05, 0.1) is 5.56 Å². The number of carboxylic acid groups (broad SMARTS) is 1. The fraction of sp³-hybridized carbons (Fsp3) is 0.611. The summed E-state index contributed by atoms with van der Waals surface area (Å²) in [6.45, 7) is 0.800. The Morgan fingerprint density at radius 2 is 1.76 bits per heavy atom. The van der Waals surface area contributed by atoms with E-state index in [1.165, 1.54) is 32.1 Å². The van der Waals surface area contributed by atoms with E-state index in [0.29, 0.717) is 11.6 Å². The minimum atomic E-state index is -0.841. The van der Waals surface area contributed by atoms with Crippen LogP contribution >= 0.6 is 0 Å². The molecule has 0 aliphatic heterocycles. The molecule has 2 N–H and O–H groups in total. The maximum atomic E-state index is 11.0. The lowest BCUT2D eigenvalue weighted by molar-refractivity contribution is -0.0142. The molecule has 0 aromatic heterocycles. The van der Waals surface area contributed by atoms with Crippen LogP contribution in [0, 0.1) is 23.7 Å². The van der Waals surface area contributed by atoms with Gasteiger partial charge in [-0.3, -0.25) is 0 Å². The molecule has 0 heterocycles. The molecule has 0 saturated heterocycles. The highest BCUT2D eigenvalue weighted by molar-refractivity contribution is 5.87. The minimum Gasteiger partial charge on any atom is -0.478 e. The average molecular weight is 285 g/mol. The molecular weight excluding hydrogens is 262 g/mol. The molecule has 3 nitrogen and oxygen atoms in total. The van der Waals surface area contributed by atoms with Crippen LogP contribution in [-0.4, -0.2) is 17.1 Å². The van der Waals surface area contributed by atoms with Gasteiger partial charge in [0.1, 0.15) is 0 Å². The molecule has 0 atom stereocenters. The highest BCUT2D eigenvalue weighted by Gasteiger charge is 2.47. The fourth-order valence-electron chi connectivity index (χ4n) is 5.31. The molecule has 3 heteroatoms. The Morgan fingerprint density at radius 3 is 2.38 bits per heavy atom. The smallest absolute Gasteiger partial charge is 0.335 e.